The summed E-state index contributed by atoms with van der Waals surface area (Å²) >= 11 is 5.97. The van der Waals surface area contributed by atoms with Crippen LogP contribution in [0.3, 0.4) is 0 Å². The van der Waals surface area contributed by atoms with Crippen LogP contribution in [0.4, 0.5) is 4.79 Å². The van der Waals surface area contributed by atoms with Gasteiger partial charge in [-0.3, -0.25) is 4.79 Å². The molecule has 2 aliphatic heterocycles. The number of rotatable bonds is 2. The summed E-state index contributed by atoms with van der Waals surface area (Å²) in [6.07, 6.45) is 0.395. The molecule has 6 heteroatoms. The molecule has 5 nitrogen and oxygen atoms in total. The van der Waals surface area contributed by atoms with E-state index < -0.39 is 0 Å². The third-order valence-corrected chi connectivity index (χ3v) is 4.34. The van der Waals surface area contributed by atoms with Crippen molar-refractivity contribution in [3.63, 3.8) is 0 Å². The van der Waals surface area contributed by atoms with E-state index in [2.05, 4.69) is 5.32 Å². The SMILES string of the molecule is CCN1C[C@@H](NC(=O)N2Cc3ccc(Cl)cc3C2)CC1=O. The Morgan fingerprint density at radius 1 is 1.38 bits per heavy atom. The van der Waals surface area contributed by atoms with Gasteiger partial charge >= 0.3 is 6.03 Å². The summed E-state index contributed by atoms with van der Waals surface area (Å²) in [7, 11) is 0. The van der Waals surface area contributed by atoms with Crippen molar-refractivity contribution in [2.75, 3.05) is 13.1 Å². The molecule has 0 aliphatic carbocycles. The van der Waals surface area contributed by atoms with Gasteiger partial charge in [-0.25, -0.2) is 4.79 Å². The van der Waals surface area contributed by atoms with Crippen molar-refractivity contribution in [2.24, 2.45) is 0 Å². The lowest BCUT2D eigenvalue weighted by molar-refractivity contribution is -0.127. The van der Waals surface area contributed by atoms with Crippen molar-refractivity contribution >= 4 is 23.5 Å². The molecule has 0 aromatic heterocycles. The molecule has 0 saturated carbocycles. The zero-order valence-electron chi connectivity index (χ0n) is 11.9. The molecule has 0 spiro atoms. The van der Waals surface area contributed by atoms with Crippen molar-refractivity contribution < 1.29 is 9.59 Å². The van der Waals surface area contributed by atoms with Crippen molar-refractivity contribution in [1.29, 1.82) is 0 Å². The van der Waals surface area contributed by atoms with Gasteiger partial charge in [-0.1, -0.05) is 17.7 Å². The molecule has 3 amide bonds. The molecule has 1 aromatic carbocycles. The molecule has 0 unspecified atom stereocenters. The standard InChI is InChI=1S/C15H18ClN3O2/c1-2-18-9-13(6-14(18)20)17-15(21)19-7-10-3-4-12(16)5-11(10)8-19/h3-5,13H,2,6-9H2,1H3,(H,17,21)/t13-/m0/s1. The Hall–Kier alpha value is -1.75. The van der Waals surface area contributed by atoms with Crippen LogP contribution in [0.5, 0.6) is 0 Å². The zero-order chi connectivity index (χ0) is 15.0. The van der Waals surface area contributed by atoms with Crippen molar-refractivity contribution in [2.45, 2.75) is 32.5 Å². The van der Waals surface area contributed by atoms with E-state index in [1.54, 1.807) is 9.80 Å². The molecule has 1 atom stereocenters. The summed E-state index contributed by atoms with van der Waals surface area (Å²) in [5.41, 5.74) is 2.22. The van der Waals surface area contributed by atoms with Crippen LogP contribution in [-0.4, -0.2) is 40.9 Å². The van der Waals surface area contributed by atoms with E-state index in [0.29, 0.717) is 37.6 Å². The van der Waals surface area contributed by atoms with Gasteiger partial charge in [-0.15, -0.1) is 0 Å². The van der Waals surface area contributed by atoms with Gasteiger partial charge in [0.05, 0.1) is 6.04 Å². The summed E-state index contributed by atoms with van der Waals surface area (Å²) < 4.78 is 0. The molecule has 21 heavy (non-hydrogen) atoms. The smallest absolute Gasteiger partial charge is 0.318 e. The average Bonchev–Trinajstić information content (AvgIpc) is 3.01. The lowest BCUT2D eigenvalue weighted by atomic mass is 10.1. The molecule has 0 radical (unpaired) electrons. The Morgan fingerprint density at radius 3 is 2.86 bits per heavy atom. The van der Waals surface area contributed by atoms with Crippen LogP contribution < -0.4 is 5.32 Å². The Labute approximate surface area is 128 Å². The number of urea groups is 1. The first-order chi connectivity index (χ1) is 10.1. The number of nitrogens with one attached hydrogen (secondary N) is 1. The second-order valence-corrected chi connectivity index (χ2v) is 5.99. The van der Waals surface area contributed by atoms with E-state index in [0.717, 1.165) is 11.1 Å². The fraction of sp³-hybridized carbons (Fsp3) is 0.467. The summed E-state index contributed by atoms with van der Waals surface area (Å²) in [4.78, 5) is 27.5. The largest absolute Gasteiger partial charge is 0.341 e. The van der Waals surface area contributed by atoms with Gasteiger partial charge in [0.1, 0.15) is 0 Å². The molecule has 2 heterocycles. The Balaban J connectivity index is 1.60. The second-order valence-electron chi connectivity index (χ2n) is 5.55. The number of amides is 3. The summed E-state index contributed by atoms with van der Waals surface area (Å²) in [5, 5.41) is 3.65. The van der Waals surface area contributed by atoms with Gasteiger partial charge in [-0.2, -0.15) is 0 Å². The van der Waals surface area contributed by atoms with Crippen LogP contribution in [0, 0.1) is 0 Å². The van der Waals surface area contributed by atoms with E-state index in [1.807, 2.05) is 25.1 Å². The third kappa shape index (κ3) is 2.83. The van der Waals surface area contributed by atoms with Crippen LogP contribution in [0.2, 0.25) is 5.02 Å². The highest BCUT2D eigenvalue weighted by Gasteiger charge is 2.31. The van der Waals surface area contributed by atoms with Gasteiger partial charge in [0.25, 0.3) is 0 Å². The second kappa shape index (κ2) is 5.56. The molecule has 1 aromatic rings. The number of carbonyl (C=O) groups excluding carboxylic acids is 2. The van der Waals surface area contributed by atoms with E-state index in [-0.39, 0.29) is 18.0 Å². The average molecular weight is 308 g/mol. The molecule has 1 N–H and O–H groups in total. The van der Waals surface area contributed by atoms with E-state index in [1.165, 1.54) is 0 Å². The quantitative estimate of drug-likeness (QED) is 0.908. The number of halogens is 1. The molecule has 2 aliphatic rings. The first-order valence-electron chi connectivity index (χ1n) is 7.17. The minimum Gasteiger partial charge on any atom is -0.341 e. The number of hydrogen-bond donors (Lipinski definition) is 1. The highest BCUT2D eigenvalue weighted by molar-refractivity contribution is 6.30. The molecular formula is C15H18ClN3O2. The normalized spacial score (nSPS) is 20.9. The fourth-order valence-corrected chi connectivity index (χ4v) is 3.14. The van der Waals surface area contributed by atoms with Gasteiger partial charge in [0.2, 0.25) is 5.91 Å². The first kappa shape index (κ1) is 14.2. The van der Waals surface area contributed by atoms with Crippen molar-refractivity contribution in [1.82, 2.24) is 15.1 Å². The molecule has 112 valence electrons. The number of hydrogen-bond acceptors (Lipinski definition) is 2. The minimum absolute atomic E-state index is 0.0859. The maximum atomic E-state index is 12.3. The highest BCUT2D eigenvalue weighted by atomic mass is 35.5. The van der Waals surface area contributed by atoms with Crippen molar-refractivity contribution in [3.8, 4) is 0 Å². The summed E-state index contributed by atoms with van der Waals surface area (Å²) in [5.74, 6) is 0.110. The Morgan fingerprint density at radius 2 is 2.14 bits per heavy atom. The number of fused-ring (bicyclic) bond motifs is 1. The van der Waals surface area contributed by atoms with E-state index in [9.17, 15) is 9.59 Å². The minimum atomic E-state index is -0.113. The molecule has 3 rings (SSSR count). The van der Waals surface area contributed by atoms with Gasteiger partial charge in [-0.05, 0) is 30.2 Å². The maximum Gasteiger partial charge on any atom is 0.318 e. The predicted octanol–water partition coefficient (Wildman–Crippen LogP) is 1.99. The van der Waals surface area contributed by atoms with Gasteiger partial charge in [0, 0.05) is 37.6 Å². The number of nitrogens with zero attached hydrogens (tertiary/aromatic N) is 2. The van der Waals surface area contributed by atoms with Crippen LogP contribution >= 0.6 is 11.6 Å². The molecule has 1 fully saturated rings. The monoisotopic (exact) mass is 307 g/mol. The summed E-state index contributed by atoms with van der Waals surface area (Å²) in [6, 6.07) is 5.51. The van der Waals surface area contributed by atoms with Gasteiger partial charge < -0.3 is 15.1 Å². The topological polar surface area (TPSA) is 52.7 Å². The van der Waals surface area contributed by atoms with Crippen LogP contribution in [0.25, 0.3) is 0 Å². The number of likely N-dealkylation sites (N-methyl/N-ethyl adjacent to an activating group) is 1. The van der Waals surface area contributed by atoms with E-state index in [4.69, 9.17) is 11.6 Å². The number of likely N-dealkylation sites (tertiary alicyclic amines) is 1. The number of benzene rings is 1. The van der Waals surface area contributed by atoms with Crippen LogP contribution in [-0.2, 0) is 17.9 Å². The lowest BCUT2D eigenvalue weighted by Gasteiger charge is -2.20. The zero-order valence-corrected chi connectivity index (χ0v) is 12.7. The Bertz CT molecular complexity index is 590. The third-order valence-electron chi connectivity index (χ3n) is 4.10. The number of carbonyl (C=O) groups is 2. The molecule has 1 saturated heterocycles. The highest BCUT2D eigenvalue weighted by Crippen LogP contribution is 2.25. The van der Waals surface area contributed by atoms with Crippen LogP contribution in [0.1, 0.15) is 24.5 Å². The molecular weight excluding hydrogens is 290 g/mol. The van der Waals surface area contributed by atoms with Crippen molar-refractivity contribution in [3.05, 3.63) is 34.3 Å². The Kier molecular flexibility index (Phi) is 3.76. The summed E-state index contributed by atoms with van der Waals surface area (Å²) in [6.45, 7) is 4.41. The fourth-order valence-electron chi connectivity index (χ4n) is 2.95. The van der Waals surface area contributed by atoms with E-state index >= 15 is 0 Å². The maximum absolute atomic E-state index is 12.3. The van der Waals surface area contributed by atoms with Gasteiger partial charge in [0.15, 0.2) is 0 Å². The lowest BCUT2D eigenvalue weighted by Crippen LogP contribution is -2.43. The molecule has 0 bridgehead atoms. The predicted molar refractivity (Wildman–Crippen MR) is 79.9 cm³/mol. The first-order valence-corrected chi connectivity index (χ1v) is 7.55. The van der Waals surface area contributed by atoms with Crippen LogP contribution in [0.15, 0.2) is 18.2 Å².